The van der Waals surface area contributed by atoms with Crippen molar-refractivity contribution in [1.82, 2.24) is 0 Å². The molecule has 0 atom stereocenters. The summed E-state index contributed by atoms with van der Waals surface area (Å²) in [5.74, 6) is 0. The fourth-order valence-electron chi connectivity index (χ4n) is 14.4. The number of benzene rings is 17. The van der Waals surface area contributed by atoms with Gasteiger partial charge < -0.3 is 9.80 Å². The van der Waals surface area contributed by atoms with Crippen molar-refractivity contribution in [2.75, 3.05) is 9.80 Å². The predicted molar refractivity (Wildman–Crippen MR) is 393 cm³/mol. The van der Waals surface area contributed by atoms with Gasteiger partial charge in [-0.05, 0) is 177 Å². The highest BCUT2D eigenvalue weighted by atomic mass is 32.1. The monoisotopic (exact) mass is 1170 g/mol. The zero-order valence-electron chi connectivity index (χ0n) is 49.6. The van der Waals surface area contributed by atoms with Gasteiger partial charge in [-0.3, -0.25) is 0 Å². The maximum atomic E-state index is 2.51. The lowest BCUT2D eigenvalue weighted by molar-refractivity contribution is 1.28. The SMILES string of the molecule is c1ccc(-c2ccc3c(ccc4cc(N(c5ccc(-c6ccc7c(ccc8ccccc87)c6)cc5)c5ccccc5-c5ccccc5N(c5ccc(-c6cc7ccccc7c7c6sc6ccccc67)cc5)c5cc6ccccc6c6ccccc56)ccc43)c2)cc1. The Morgan fingerprint density at radius 1 is 0.198 bits per heavy atom. The zero-order valence-corrected chi connectivity index (χ0v) is 50.5. The van der Waals surface area contributed by atoms with Gasteiger partial charge in [-0.1, -0.05) is 261 Å². The molecule has 91 heavy (non-hydrogen) atoms. The largest absolute Gasteiger partial charge is 0.310 e. The van der Waals surface area contributed by atoms with Crippen LogP contribution in [0.4, 0.5) is 34.1 Å². The highest BCUT2D eigenvalue weighted by molar-refractivity contribution is 7.26. The summed E-state index contributed by atoms with van der Waals surface area (Å²) in [5, 5.41) is 19.9. The lowest BCUT2D eigenvalue weighted by Gasteiger charge is -2.32. The van der Waals surface area contributed by atoms with Gasteiger partial charge in [0.2, 0.25) is 0 Å². The molecule has 0 fully saturated rings. The third kappa shape index (κ3) is 8.92. The molecule has 0 aliphatic heterocycles. The van der Waals surface area contributed by atoms with Crippen molar-refractivity contribution >= 4 is 141 Å². The van der Waals surface area contributed by atoms with Crippen LogP contribution in [0.5, 0.6) is 0 Å². The Hall–Kier alpha value is -11.6. The fourth-order valence-corrected chi connectivity index (χ4v) is 15.7. The van der Waals surface area contributed by atoms with E-state index in [1.807, 2.05) is 11.3 Å². The van der Waals surface area contributed by atoms with Crippen LogP contribution in [0.15, 0.2) is 340 Å². The first-order valence-corrected chi connectivity index (χ1v) is 32.1. The molecule has 0 aliphatic rings. The molecule has 0 N–H and O–H groups in total. The molecule has 0 unspecified atom stereocenters. The molecule has 1 heterocycles. The topological polar surface area (TPSA) is 6.48 Å². The molecule has 0 saturated carbocycles. The van der Waals surface area contributed by atoms with Crippen LogP contribution in [0.1, 0.15) is 0 Å². The van der Waals surface area contributed by atoms with E-state index in [9.17, 15) is 0 Å². The second kappa shape index (κ2) is 21.6. The third-order valence-electron chi connectivity index (χ3n) is 18.8. The van der Waals surface area contributed by atoms with E-state index in [1.54, 1.807) is 0 Å². The Kier molecular flexibility index (Phi) is 12.5. The van der Waals surface area contributed by atoms with E-state index in [-0.39, 0.29) is 0 Å². The van der Waals surface area contributed by atoms with Gasteiger partial charge in [-0.25, -0.2) is 0 Å². The number of hydrogen-bond donors (Lipinski definition) is 0. The maximum absolute atomic E-state index is 2.51. The van der Waals surface area contributed by atoms with Gasteiger partial charge in [0.05, 0.1) is 17.1 Å². The van der Waals surface area contributed by atoms with Crippen LogP contribution in [0, 0.1) is 0 Å². The van der Waals surface area contributed by atoms with Gasteiger partial charge in [0.1, 0.15) is 0 Å². The Morgan fingerprint density at radius 2 is 0.615 bits per heavy atom. The van der Waals surface area contributed by atoms with Crippen molar-refractivity contribution in [3.63, 3.8) is 0 Å². The smallest absolute Gasteiger partial charge is 0.0546 e. The lowest BCUT2D eigenvalue weighted by atomic mass is 9.95. The van der Waals surface area contributed by atoms with Crippen molar-refractivity contribution in [3.05, 3.63) is 340 Å². The molecule has 0 amide bonds. The summed E-state index contributed by atoms with van der Waals surface area (Å²) >= 11 is 1.89. The molecule has 0 saturated heterocycles. The number of anilines is 6. The highest BCUT2D eigenvalue weighted by Gasteiger charge is 2.25. The number of fused-ring (bicyclic) bond motifs is 14. The Morgan fingerprint density at radius 3 is 1.29 bits per heavy atom. The molecule has 0 spiro atoms. The van der Waals surface area contributed by atoms with Crippen LogP contribution < -0.4 is 9.80 Å². The van der Waals surface area contributed by atoms with Crippen molar-refractivity contribution in [2.24, 2.45) is 0 Å². The molecule has 0 bridgehead atoms. The quantitative estimate of drug-likeness (QED) is 0.126. The van der Waals surface area contributed by atoms with Crippen LogP contribution in [-0.2, 0) is 0 Å². The van der Waals surface area contributed by atoms with E-state index in [2.05, 4.69) is 350 Å². The zero-order chi connectivity index (χ0) is 59.9. The minimum Gasteiger partial charge on any atom is -0.310 e. The highest BCUT2D eigenvalue weighted by Crippen LogP contribution is 2.51. The predicted octanol–water partition coefficient (Wildman–Crippen LogP) is 25.7. The summed E-state index contributed by atoms with van der Waals surface area (Å²) < 4.78 is 2.61. The van der Waals surface area contributed by atoms with E-state index in [0.29, 0.717) is 0 Å². The van der Waals surface area contributed by atoms with Crippen LogP contribution in [0.2, 0.25) is 0 Å². The number of hydrogen-bond acceptors (Lipinski definition) is 3. The number of thiophene rings is 1. The van der Waals surface area contributed by atoms with Crippen molar-refractivity contribution in [2.45, 2.75) is 0 Å². The van der Waals surface area contributed by atoms with Crippen molar-refractivity contribution < 1.29 is 0 Å². The van der Waals surface area contributed by atoms with E-state index in [0.717, 1.165) is 50.8 Å². The lowest BCUT2D eigenvalue weighted by Crippen LogP contribution is -2.14. The summed E-state index contributed by atoms with van der Waals surface area (Å²) in [6.45, 7) is 0. The van der Waals surface area contributed by atoms with E-state index < -0.39 is 0 Å². The van der Waals surface area contributed by atoms with Gasteiger partial charge in [-0.2, -0.15) is 0 Å². The fraction of sp³-hybridized carbons (Fsp3) is 0. The van der Waals surface area contributed by atoms with E-state index in [4.69, 9.17) is 0 Å². The van der Waals surface area contributed by atoms with Crippen LogP contribution in [-0.4, -0.2) is 0 Å². The van der Waals surface area contributed by atoms with Gasteiger partial charge in [-0.15, -0.1) is 11.3 Å². The molecule has 2 nitrogen and oxygen atoms in total. The van der Waals surface area contributed by atoms with Crippen LogP contribution in [0.25, 0.3) is 140 Å². The molecule has 0 aliphatic carbocycles. The Labute approximate surface area is 531 Å². The summed E-state index contributed by atoms with van der Waals surface area (Å²) in [7, 11) is 0. The molecule has 0 radical (unpaired) electrons. The van der Waals surface area contributed by atoms with Crippen molar-refractivity contribution in [1.29, 1.82) is 0 Å². The normalized spacial score (nSPS) is 11.7. The first kappa shape index (κ1) is 52.5. The molecule has 18 aromatic rings. The van der Waals surface area contributed by atoms with Gasteiger partial charge in [0.25, 0.3) is 0 Å². The molecule has 18 rings (SSSR count). The first-order chi connectivity index (χ1) is 45.1. The van der Waals surface area contributed by atoms with Crippen molar-refractivity contribution in [3.8, 4) is 44.5 Å². The molecule has 17 aromatic carbocycles. The molecular weight excluding hydrogens is 1120 g/mol. The standard InChI is InChI=1S/C88H56N2S/c1-2-18-57(19-3-1)61-42-50-74-66(52-61)36-37-67-54-70(48-51-75(67)74)89(68-44-38-58(39-45-68)62-43-49-73-65(53-62)35-34-59-20-4-7-23-71(59)73)83-31-15-12-28-79(83)80-29-13-16-32-84(80)90(85-56-64-22-5-8-24-72(64)77-26-10-11-27-78(77)85)69-46-40-60(41-47-69)82-55-63-21-6-9-25-76(63)87-81-30-14-17-33-86(81)91-88(82)87/h1-56H. The molecule has 424 valence electrons. The third-order valence-corrected chi connectivity index (χ3v) is 20.0. The molecular formula is C88H56N2S. The van der Waals surface area contributed by atoms with Gasteiger partial charge in [0, 0.05) is 59.3 Å². The second-order valence-corrected chi connectivity index (χ2v) is 25.0. The number of para-hydroxylation sites is 2. The van der Waals surface area contributed by atoms with Gasteiger partial charge in [0.15, 0.2) is 0 Å². The Balaban J connectivity index is 0.815. The van der Waals surface area contributed by atoms with E-state index in [1.165, 1.54) is 123 Å². The Bertz CT molecular complexity index is 5900. The number of rotatable bonds is 10. The molecule has 1 aromatic heterocycles. The minimum atomic E-state index is 1.06. The second-order valence-electron chi connectivity index (χ2n) is 23.9. The van der Waals surface area contributed by atoms with Crippen LogP contribution >= 0.6 is 11.3 Å². The summed E-state index contributed by atoms with van der Waals surface area (Å²) in [6, 6.07) is 126. The van der Waals surface area contributed by atoms with Gasteiger partial charge >= 0.3 is 0 Å². The van der Waals surface area contributed by atoms with Crippen LogP contribution in [0.3, 0.4) is 0 Å². The number of nitrogens with zero attached hydrogens (tertiary/aromatic N) is 2. The first-order valence-electron chi connectivity index (χ1n) is 31.3. The average Bonchev–Trinajstić information content (AvgIpc) is 1.86. The minimum absolute atomic E-state index is 1.06. The summed E-state index contributed by atoms with van der Waals surface area (Å²) in [4.78, 5) is 4.98. The average molecular weight is 1170 g/mol. The maximum Gasteiger partial charge on any atom is 0.0546 e. The summed E-state index contributed by atoms with van der Waals surface area (Å²) in [5.41, 5.74) is 15.8. The van der Waals surface area contributed by atoms with E-state index >= 15 is 0 Å². The molecule has 3 heteroatoms. The summed E-state index contributed by atoms with van der Waals surface area (Å²) in [6.07, 6.45) is 0.